The number of carbonyl (C=O) groups is 1. The molecule has 0 saturated carbocycles. The van der Waals surface area contributed by atoms with Crippen LogP contribution in [0, 0.1) is 11.8 Å². The molecule has 1 aromatic rings. The molecule has 25 heavy (non-hydrogen) atoms. The molecule has 3 aliphatic rings. The normalized spacial score (nSPS) is 29.4. The Bertz CT molecular complexity index is 776. The first kappa shape index (κ1) is 16.7. The zero-order chi connectivity index (χ0) is 17.8. The molecule has 0 unspecified atom stereocenters. The van der Waals surface area contributed by atoms with Crippen molar-refractivity contribution in [3.05, 3.63) is 18.5 Å². The quantitative estimate of drug-likeness (QED) is 0.721. The third-order valence-electron chi connectivity index (χ3n) is 6.22. The third kappa shape index (κ3) is 2.52. The average molecular weight is 365 g/mol. The Morgan fingerprint density at radius 2 is 1.80 bits per heavy atom. The maximum absolute atomic E-state index is 12.8. The lowest BCUT2D eigenvalue weighted by Gasteiger charge is -2.46. The summed E-state index contributed by atoms with van der Waals surface area (Å²) in [6, 6.07) is 1.78. The van der Waals surface area contributed by atoms with E-state index in [1.807, 2.05) is 11.9 Å². The van der Waals surface area contributed by atoms with Crippen LogP contribution in [0.25, 0.3) is 0 Å². The predicted octanol–water partition coefficient (Wildman–Crippen LogP) is -0.205. The van der Waals surface area contributed by atoms with Gasteiger partial charge in [-0.1, -0.05) is 0 Å². The maximum Gasteiger partial charge on any atom is 0.228 e. The van der Waals surface area contributed by atoms with Gasteiger partial charge < -0.3 is 9.80 Å². The number of hydrogen-bond donors (Lipinski definition) is 0. The van der Waals surface area contributed by atoms with Gasteiger partial charge in [0.05, 0.1) is 17.7 Å². The average Bonchev–Trinajstić information content (AvgIpc) is 3.12. The molecule has 4 rings (SSSR count). The van der Waals surface area contributed by atoms with E-state index in [2.05, 4.69) is 14.9 Å². The standard InChI is InChI=1S/C16H23N5O3S/c1-19-14(22)12-10-20(15-17-6-3-7-18-15)11-13(12)16(19)4-8-21(9-5-16)25(2,23)24/h3,6-7,12-13H,4-5,8-11H2,1-2H3/t12-,13+/m0/s1. The molecule has 0 bridgehead atoms. The van der Waals surface area contributed by atoms with Gasteiger partial charge in [-0.2, -0.15) is 0 Å². The first-order valence-electron chi connectivity index (χ1n) is 8.58. The van der Waals surface area contributed by atoms with Crippen molar-refractivity contribution in [2.75, 3.05) is 44.4 Å². The Morgan fingerprint density at radius 1 is 1.16 bits per heavy atom. The van der Waals surface area contributed by atoms with Crippen molar-refractivity contribution in [1.82, 2.24) is 19.2 Å². The van der Waals surface area contributed by atoms with Crippen molar-refractivity contribution in [3.8, 4) is 0 Å². The first-order valence-corrected chi connectivity index (χ1v) is 10.4. The summed E-state index contributed by atoms with van der Waals surface area (Å²) in [6.07, 6.45) is 6.05. The van der Waals surface area contributed by atoms with Gasteiger partial charge in [-0.15, -0.1) is 0 Å². The second-order valence-electron chi connectivity index (χ2n) is 7.33. The van der Waals surface area contributed by atoms with E-state index in [0.717, 1.165) is 6.54 Å². The van der Waals surface area contributed by atoms with E-state index in [1.54, 1.807) is 18.5 Å². The molecule has 0 N–H and O–H groups in total. The van der Waals surface area contributed by atoms with Gasteiger partial charge in [0, 0.05) is 51.5 Å². The molecule has 3 fully saturated rings. The predicted molar refractivity (Wildman–Crippen MR) is 92.4 cm³/mol. The number of amides is 1. The van der Waals surface area contributed by atoms with Gasteiger partial charge in [0.2, 0.25) is 21.9 Å². The van der Waals surface area contributed by atoms with Gasteiger partial charge in [-0.05, 0) is 18.9 Å². The van der Waals surface area contributed by atoms with Gasteiger partial charge in [0.15, 0.2) is 0 Å². The summed E-state index contributed by atoms with van der Waals surface area (Å²) in [5.74, 6) is 0.960. The summed E-state index contributed by atoms with van der Waals surface area (Å²) in [5.41, 5.74) is -0.257. The number of nitrogens with zero attached hydrogens (tertiary/aromatic N) is 5. The van der Waals surface area contributed by atoms with E-state index in [-0.39, 0.29) is 23.3 Å². The van der Waals surface area contributed by atoms with Crippen LogP contribution in [0.15, 0.2) is 18.5 Å². The second kappa shape index (κ2) is 5.63. The summed E-state index contributed by atoms with van der Waals surface area (Å²) in [5, 5.41) is 0. The fourth-order valence-corrected chi connectivity index (χ4v) is 5.69. The van der Waals surface area contributed by atoms with Gasteiger partial charge >= 0.3 is 0 Å². The largest absolute Gasteiger partial charge is 0.340 e. The number of aromatic nitrogens is 2. The first-order chi connectivity index (χ1) is 11.8. The van der Waals surface area contributed by atoms with E-state index >= 15 is 0 Å². The molecule has 1 amide bonds. The van der Waals surface area contributed by atoms with Crippen LogP contribution in [0.4, 0.5) is 5.95 Å². The molecule has 0 aliphatic carbocycles. The summed E-state index contributed by atoms with van der Waals surface area (Å²) in [7, 11) is -1.30. The lowest BCUT2D eigenvalue weighted by molar-refractivity contribution is -0.132. The van der Waals surface area contributed by atoms with Crippen molar-refractivity contribution in [1.29, 1.82) is 0 Å². The highest BCUT2D eigenvalue weighted by atomic mass is 32.2. The molecule has 1 aromatic heterocycles. The zero-order valence-electron chi connectivity index (χ0n) is 14.5. The maximum atomic E-state index is 12.8. The minimum absolute atomic E-state index is 0.0569. The molecule has 9 heteroatoms. The molecule has 2 atom stereocenters. The highest BCUT2D eigenvalue weighted by Crippen LogP contribution is 2.49. The number of fused-ring (bicyclic) bond motifs is 2. The molecule has 0 aromatic carbocycles. The molecule has 3 aliphatic heterocycles. The molecule has 4 heterocycles. The SMILES string of the molecule is CN1C(=O)[C@H]2CN(c3ncccn3)C[C@H]2C12CCN(S(C)(=O)=O)CC2. The third-order valence-corrected chi connectivity index (χ3v) is 7.52. The van der Waals surface area contributed by atoms with Crippen molar-refractivity contribution in [2.24, 2.45) is 11.8 Å². The minimum Gasteiger partial charge on any atom is -0.340 e. The van der Waals surface area contributed by atoms with Crippen LogP contribution in [-0.2, 0) is 14.8 Å². The molecular weight excluding hydrogens is 342 g/mol. The highest BCUT2D eigenvalue weighted by molar-refractivity contribution is 7.88. The fraction of sp³-hybridized carbons (Fsp3) is 0.688. The van der Waals surface area contributed by atoms with Crippen molar-refractivity contribution >= 4 is 21.9 Å². The van der Waals surface area contributed by atoms with Gasteiger partial charge in [-0.25, -0.2) is 22.7 Å². The summed E-state index contributed by atoms with van der Waals surface area (Å²) >= 11 is 0. The van der Waals surface area contributed by atoms with Crippen LogP contribution in [0.5, 0.6) is 0 Å². The van der Waals surface area contributed by atoms with Crippen LogP contribution < -0.4 is 4.90 Å². The van der Waals surface area contributed by atoms with E-state index in [1.165, 1.54) is 10.6 Å². The summed E-state index contributed by atoms with van der Waals surface area (Å²) < 4.78 is 25.2. The monoisotopic (exact) mass is 365 g/mol. The molecule has 3 saturated heterocycles. The summed E-state index contributed by atoms with van der Waals surface area (Å²) in [4.78, 5) is 25.4. The second-order valence-corrected chi connectivity index (χ2v) is 9.31. The Balaban J connectivity index is 1.59. The molecular formula is C16H23N5O3S. The number of rotatable bonds is 2. The number of sulfonamides is 1. The van der Waals surface area contributed by atoms with Crippen LogP contribution >= 0.6 is 0 Å². The Hall–Kier alpha value is -1.74. The lowest BCUT2D eigenvalue weighted by Crippen LogP contribution is -2.56. The number of likely N-dealkylation sites (tertiary alicyclic amines) is 1. The van der Waals surface area contributed by atoms with Crippen LogP contribution in [0.3, 0.4) is 0 Å². The van der Waals surface area contributed by atoms with Crippen LogP contribution in [0.2, 0.25) is 0 Å². The lowest BCUT2D eigenvalue weighted by atomic mass is 9.75. The summed E-state index contributed by atoms with van der Waals surface area (Å²) in [6.45, 7) is 2.32. The number of piperidine rings is 1. The van der Waals surface area contributed by atoms with Crippen molar-refractivity contribution < 1.29 is 13.2 Å². The van der Waals surface area contributed by atoms with Gasteiger partial charge in [0.1, 0.15) is 0 Å². The number of hydrogen-bond acceptors (Lipinski definition) is 6. The minimum atomic E-state index is -3.18. The number of anilines is 1. The Kier molecular flexibility index (Phi) is 3.77. The highest BCUT2D eigenvalue weighted by Gasteiger charge is 2.61. The zero-order valence-corrected chi connectivity index (χ0v) is 15.3. The van der Waals surface area contributed by atoms with Gasteiger partial charge in [0.25, 0.3) is 0 Å². The van der Waals surface area contributed by atoms with Crippen LogP contribution in [0.1, 0.15) is 12.8 Å². The Labute approximate surface area is 147 Å². The molecule has 1 spiro atoms. The van der Waals surface area contributed by atoms with E-state index in [9.17, 15) is 13.2 Å². The Morgan fingerprint density at radius 3 is 2.40 bits per heavy atom. The van der Waals surface area contributed by atoms with E-state index < -0.39 is 10.0 Å². The molecule has 136 valence electrons. The molecule has 0 radical (unpaired) electrons. The van der Waals surface area contributed by atoms with Crippen molar-refractivity contribution in [3.63, 3.8) is 0 Å². The van der Waals surface area contributed by atoms with E-state index in [4.69, 9.17) is 0 Å². The molecule has 8 nitrogen and oxygen atoms in total. The van der Waals surface area contributed by atoms with Gasteiger partial charge in [-0.3, -0.25) is 4.79 Å². The fourth-order valence-electron chi connectivity index (χ4n) is 4.84. The topological polar surface area (TPSA) is 86.7 Å². The number of carbonyl (C=O) groups excluding carboxylic acids is 1. The van der Waals surface area contributed by atoms with E-state index in [0.29, 0.717) is 38.4 Å². The van der Waals surface area contributed by atoms with Crippen LogP contribution in [-0.4, -0.2) is 78.5 Å². The smallest absolute Gasteiger partial charge is 0.228 e. The van der Waals surface area contributed by atoms with Crippen molar-refractivity contribution in [2.45, 2.75) is 18.4 Å².